The van der Waals surface area contributed by atoms with Gasteiger partial charge in [-0.25, -0.2) is 4.68 Å². The highest BCUT2D eigenvalue weighted by atomic mass is 32.2. The number of hydrogen-bond donors (Lipinski definition) is 2. The lowest BCUT2D eigenvalue weighted by Gasteiger charge is -2.32. The average molecular weight is 365 g/mol. The minimum absolute atomic E-state index is 0.0578. The van der Waals surface area contributed by atoms with E-state index in [-0.39, 0.29) is 17.2 Å². The summed E-state index contributed by atoms with van der Waals surface area (Å²) in [5.41, 5.74) is 6.31. The molecular formula is C19H19N5OS. The van der Waals surface area contributed by atoms with Gasteiger partial charge < -0.3 is 10.7 Å². The van der Waals surface area contributed by atoms with Crippen molar-refractivity contribution in [2.45, 2.75) is 30.3 Å². The van der Waals surface area contributed by atoms with Gasteiger partial charge in [0.2, 0.25) is 11.1 Å². The summed E-state index contributed by atoms with van der Waals surface area (Å²) in [7, 11) is 0. The van der Waals surface area contributed by atoms with Crippen molar-refractivity contribution in [3.63, 3.8) is 0 Å². The Bertz CT molecular complexity index is 940. The van der Waals surface area contributed by atoms with Crippen molar-refractivity contribution in [1.82, 2.24) is 14.9 Å². The molecule has 1 amide bonds. The van der Waals surface area contributed by atoms with Crippen LogP contribution in [-0.4, -0.2) is 26.0 Å². The van der Waals surface area contributed by atoms with Crippen LogP contribution < -0.4 is 10.7 Å². The van der Waals surface area contributed by atoms with Gasteiger partial charge in [0, 0.05) is 5.69 Å². The first kappa shape index (κ1) is 16.7. The summed E-state index contributed by atoms with van der Waals surface area (Å²) in [5, 5.41) is 11.7. The number of carbonyl (C=O) groups is 1. The molecule has 1 aliphatic rings. The number of anilines is 1. The van der Waals surface area contributed by atoms with E-state index in [9.17, 15) is 4.79 Å². The molecule has 0 spiro atoms. The fraction of sp³-hybridized carbons (Fsp3) is 0.211. The Morgan fingerprint density at radius 2 is 1.81 bits per heavy atom. The van der Waals surface area contributed by atoms with E-state index in [1.165, 1.54) is 11.8 Å². The van der Waals surface area contributed by atoms with Gasteiger partial charge in [-0.2, -0.15) is 0 Å². The number of aromatic nitrogens is 3. The highest BCUT2D eigenvalue weighted by Gasteiger charge is 2.37. The van der Waals surface area contributed by atoms with Crippen LogP contribution in [0.2, 0.25) is 0 Å². The Balaban J connectivity index is 1.67. The molecule has 2 N–H and O–H groups in total. The summed E-state index contributed by atoms with van der Waals surface area (Å²) in [6.45, 7) is 3.87. The van der Waals surface area contributed by atoms with Crippen molar-refractivity contribution in [1.29, 1.82) is 0 Å². The normalized spacial score (nSPS) is 18.7. The number of nitrogens with zero attached hydrogens (tertiary/aromatic N) is 3. The molecule has 0 unspecified atom stereocenters. The van der Waals surface area contributed by atoms with Gasteiger partial charge in [-0.15, -0.1) is 10.2 Å². The zero-order chi connectivity index (χ0) is 18.1. The van der Waals surface area contributed by atoms with E-state index in [4.69, 9.17) is 0 Å². The fourth-order valence-corrected chi connectivity index (χ4v) is 4.11. The maximum atomic E-state index is 13.1. The molecule has 0 saturated heterocycles. The fourth-order valence-electron chi connectivity index (χ4n) is 2.99. The topological polar surface area (TPSA) is 71.8 Å². The zero-order valence-electron chi connectivity index (χ0n) is 14.5. The maximum absolute atomic E-state index is 13.1. The maximum Gasteiger partial charge on any atom is 0.240 e. The molecule has 2 heterocycles. The number of fused-ring (bicyclic) bond motifs is 1. The number of para-hydroxylation sites is 1. The molecule has 6 nitrogen and oxygen atoms in total. The van der Waals surface area contributed by atoms with Gasteiger partial charge in [0.05, 0.1) is 6.04 Å². The lowest BCUT2D eigenvalue weighted by atomic mass is 10.0. The molecule has 4 rings (SSSR count). The zero-order valence-corrected chi connectivity index (χ0v) is 15.3. The summed E-state index contributed by atoms with van der Waals surface area (Å²) in [6, 6.07) is 17.6. The first-order valence-corrected chi connectivity index (χ1v) is 9.28. The minimum Gasteiger partial charge on any atom is -0.325 e. The van der Waals surface area contributed by atoms with Crippen LogP contribution in [0.5, 0.6) is 0 Å². The monoisotopic (exact) mass is 365 g/mol. The summed E-state index contributed by atoms with van der Waals surface area (Å²) < 4.78 is 1.85. The molecule has 132 valence electrons. The Morgan fingerprint density at radius 1 is 1.08 bits per heavy atom. The van der Waals surface area contributed by atoms with Gasteiger partial charge in [0.25, 0.3) is 0 Å². The second-order valence-electron chi connectivity index (χ2n) is 6.23. The first-order chi connectivity index (χ1) is 12.6. The van der Waals surface area contributed by atoms with Crippen LogP contribution in [0, 0.1) is 13.8 Å². The standard InChI is InChI=1S/C19H19N5OS/c1-12-8-6-7-11-15(12)20-18(25)17-16(14-9-4-3-5-10-14)23-24-13(2)21-22-19(24)26-17/h3-11,16-17,23H,1-2H3,(H,20,25)/t16-,17-/m1/s1. The van der Waals surface area contributed by atoms with Crippen LogP contribution in [0.1, 0.15) is 23.0 Å². The Labute approximate surface area is 156 Å². The van der Waals surface area contributed by atoms with E-state index in [0.717, 1.165) is 22.6 Å². The van der Waals surface area contributed by atoms with Crippen molar-refractivity contribution in [3.05, 3.63) is 71.5 Å². The quantitative estimate of drug-likeness (QED) is 0.745. The van der Waals surface area contributed by atoms with Gasteiger partial charge >= 0.3 is 0 Å². The first-order valence-electron chi connectivity index (χ1n) is 8.40. The molecule has 0 saturated carbocycles. The predicted octanol–water partition coefficient (Wildman–Crippen LogP) is 3.29. The van der Waals surface area contributed by atoms with Crippen molar-refractivity contribution in [3.8, 4) is 0 Å². The third-order valence-electron chi connectivity index (χ3n) is 4.42. The van der Waals surface area contributed by atoms with E-state index in [1.807, 2.05) is 73.1 Å². The number of thioether (sulfide) groups is 1. The second-order valence-corrected chi connectivity index (χ2v) is 7.33. The van der Waals surface area contributed by atoms with E-state index >= 15 is 0 Å². The molecule has 1 aromatic heterocycles. The van der Waals surface area contributed by atoms with Crippen LogP contribution in [0.4, 0.5) is 5.69 Å². The van der Waals surface area contributed by atoms with Crippen LogP contribution in [0.3, 0.4) is 0 Å². The molecule has 0 bridgehead atoms. The minimum atomic E-state index is -0.367. The number of carbonyl (C=O) groups excluding carboxylic acids is 1. The predicted molar refractivity (Wildman–Crippen MR) is 103 cm³/mol. The third kappa shape index (κ3) is 3.06. The largest absolute Gasteiger partial charge is 0.325 e. The van der Waals surface area contributed by atoms with Crippen molar-refractivity contribution in [2.24, 2.45) is 0 Å². The van der Waals surface area contributed by atoms with Gasteiger partial charge in [0.1, 0.15) is 11.1 Å². The smallest absolute Gasteiger partial charge is 0.240 e. The number of amides is 1. The number of aryl methyl sites for hydroxylation is 2. The number of nitrogens with one attached hydrogen (secondary N) is 2. The summed E-state index contributed by atoms with van der Waals surface area (Å²) in [4.78, 5) is 13.1. The molecule has 2 atom stereocenters. The van der Waals surface area contributed by atoms with Gasteiger partial charge in [-0.3, -0.25) is 4.79 Å². The molecule has 0 radical (unpaired) electrons. The molecule has 0 fully saturated rings. The molecule has 1 aliphatic heterocycles. The molecule has 7 heteroatoms. The van der Waals surface area contributed by atoms with Crippen LogP contribution in [0.15, 0.2) is 59.8 Å². The third-order valence-corrected chi connectivity index (χ3v) is 5.63. The lowest BCUT2D eigenvalue weighted by Crippen LogP contribution is -2.41. The second kappa shape index (κ2) is 6.84. The molecule has 2 aromatic carbocycles. The Kier molecular flexibility index (Phi) is 4.38. The molecule has 3 aromatic rings. The average Bonchev–Trinajstić information content (AvgIpc) is 3.03. The van der Waals surface area contributed by atoms with Crippen molar-refractivity contribution in [2.75, 3.05) is 10.7 Å². The van der Waals surface area contributed by atoms with E-state index < -0.39 is 0 Å². The Hall–Kier alpha value is -2.80. The van der Waals surface area contributed by atoms with Crippen LogP contribution in [0.25, 0.3) is 0 Å². The van der Waals surface area contributed by atoms with E-state index in [0.29, 0.717) is 5.16 Å². The SMILES string of the molecule is Cc1ccccc1NC(=O)[C@@H]1Sc2nnc(C)n2N[C@@H]1c1ccccc1. The molecular weight excluding hydrogens is 346 g/mol. The van der Waals surface area contributed by atoms with Crippen LogP contribution >= 0.6 is 11.8 Å². The summed E-state index contributed by atoms with van der Waals surface area (Å²) >= 11 is 1.43. The van der Waals surface area contributed by atoms with E-state index in [2.05, 4.69) is 20.9 Å². The summed E-state index contributed by atoms with van der Waals surface area (Å²) in [6.07, 6.45) is 0. The Morgan fingerprint density at radius 3 is 2.58 bits per heavy atom. The number of benzene rings is 2. The molecule has 26 heavy (non-hydrogen) atoms. The van der Waals surface area contributed by atoms with Gasteiger partial charge in [-0.1, -0.05) is 60.3 Å². The van der Waals surface area contributed by atoms with Gasteiger partial charge in [0.15, 0.2) is 0 Å². The summed E-state index contributed by atoms with van der Waals surface area (Å²) in [5.74, 6) is 0.712. The van der Waals surface area contributed by atoms with Crippen molar-refractivity contribution < 1.29 is 4.79 Å². The van der Waals surface area contributed by atoms with Gasteiger partial charge in [-0.05, 0) is 31.0 Å². The van der Waals surface area contributed by atoms with Crippen molar-refractivity contribution >= 4 is 23.4 Å². The molecule has 0 aliphatic carbocycles. The highest BCUT2D eigenvalue weighted by Crippen LogP contribution is 2.37. The lowest BCUT2D eigenvalue weighted by molar-refractivity contribution is -0.116. The number of rotatable bonds is 3. The van der Waals surface area contributed by atoms with E-state index in [1.54, 1.807) is 0 Å². The number of hydrogen-bond acceptors (Lipinski definition) is 5. The highest BCUT2D eigenvalue weighted by molar-refractivity contribution is 8.00. The van der Waals surface area contributed by atoms with Crippen LogP contribution in [-0.2, 0) is 4.79 Å².